The number of rotatable bonds is 5. The van der Waals surface area contributed by atoms with Gasteiger partial charge >= 0.3 is 0 Å². The Bertz CT molecular complexity index is 1270. The molecule has 1 aromatic carbocycles. The number of pyridine rings is 1. The minimum atomic E-state index is -2.15. The molecule has 174 valence electrons. The summed E-state index contributed by atoms with van der Waals surface area (Å²) in [5.74, 6) is 2.52. The zero-order valence-electron chi connectivity index (χ0n) is 18.7. The Hall–Kier alpha value is -2.78. The number of aryl methyl sites for hydroxylation is 1. The van der Waals surface area contributed by atoms with Crippen molar-refractivity contribution in [2.24, 2.45) is 4.36 Å². The maximum Gasteiger partial charge on any atom is 0.238 e. The van der Waals surface area contributed by atoms with Crippen molar-refractivity contribution in [3.63, 3.8) is 0 Å². The Morgan fingerprint density at radius 2 is 1.91 bits per heavy atom. The van der Waals surface area contributed by atoms with Gasteiger partial charge in [0.05, 0.1) is 27.0 Å². The average molecular weight is 468 g/mol. The number of benzene rings is 1. The van der Waals surface area contributed by atoms with Crippen molar-refractivity contribution in [2.45, 2.75) is 57.7 Å². The van der Waals surface area contributed by atoms with E-state index in [1.807, 2.05) is 31.2 Å². The van der Waals surface area contributed by atoms with Gasteiger partial charge in [0.15, 0.2) is 0 Å². The summed E-state index contributed by atoms with van der Waals surface area (Å²) in [5, 5.41) is 14.0. The van der Waals surface area contributed by atoms with Crippen LogP contribution in [0, 0.1) is 6.92 Å². The van der Waals surface area contributed by atoms with Gasteiger partial charge in [0.1, 0.15) is 23.9 Å². The standard InChI is InChI=1S/C24H29N5O3S/c1-16-13-17(29-33(31)11-2-3-12-33)14-21-22(16)23(27-15-26-21)28-20-5-4-10-25-24(20)32-19-8-6-18(30)7-9-19/h4-5,10,13-15,18-19,30H,2-3,6-9,11-12H2,1H3,(H,26,27,28). The maximum atomic E-state index is 12.9. The number of aliphatic hydroxyl groups is 1. The number of fused-ring (bicyclic) bond motifs is 1. The third-order valence-corrected chi connectivity index (χ3v) is 8.71. The highest BCUT2D eigenvalue weighted by atomic mass is 32.2. The van der Waals surface area contributed by atoms with Crippen LogP contribution in [0.4, 0.5) is 17.2 Å². The van der Waals surface area contributed by atoms with E-state index in [4.69, 9.17) is 4.74 Å². The summed E-state index contributed by atoms with van der Waals surface area (Å²) < 4.78 is 23.7. The van der Waals surface area contributed by atoms with Gasteiger partial charge < -0.3 is 15.2 Å². The molecule has 8 nitrogen and oxygen atoms in total. The van der Waals surface area contributed by atoms with Gasteiger partial charge in [-0.15, -0.1) is 0 Å². The molecule has 9 heteroatoms. The number of ether oxygens (including phenoxy) is 1. The molecule has 1 aliphatic carbocycles. The molecule has 2 aliphatic rings. The van der Waals surface area contributed by atoms with Gasteiger partial charge in [0.25, 0.3) is 0 Å². The summed E-state index contributed by atoms with van der Waals surface area (Å²) >= 11 is 0. The summed E-state index contributed by atoms with van der Waals surface area (Å²) in [6, 6.07) is 7.60. The lowest BCUT2D eigenvalue weighted by molar-refractivity contribution is 0.0647. The molecule has 3 aromatic rings. The summed E-state index contributed by atoms with van der Waals surface area (Å²) in [7, 11) is -2.15. The summed E-state index contributed by atoms with van der Waals surface area (Å²) in [5.41, 5.74) is 3.15. The van der Waals surface area contributed by atoms with Crippen molar-refractivity contribution in [1.29, 1.82) is 0 Å². The quantitative estimate of drug-likeness (QED) is 0.562. The molecule has 5 rings (SSSR count). The lowest BCUT2D eigenvalue weighted by Gasteiger charge is -2.26. The second-order valence-corrected chi connectivity index (χ2v) is 11.4. The predicted octanol–water partition coefficient (Wildman–Crippen LogP) is 4.65. The lowest BCUT2D eigenvalue weighted by Crippen LogP contribution is -2.27. The van der Waals surface area contributed by atoms with Crippen LogP contribution < -0.4 is 10.1 Å². The number of nitrogens with one attached hydrogen (secondary N) is 1. The largest absolute Gasteiger partial charge is 0.473 e. The molecule has 1 saturated heterocycles. The Morgan fingerprint density at radius 1 is 1.12 bits per heavy atom. The van der Waals surface area contributed by atoms with Gasteiger partial charge in [0.2, 0.25) is 5.88 Å². The molecule has 0 radical (unpaired) electrons. The first-order chi connectivity index (χ1) is 16.0. The Kier molecular flexibility index (Phi) is 6.16. The molecule has 33 heavy (non-hydrogen) atoms. The first-order valence-electron chi connectivity index (χ1n) is 11.5. The minimum absolute atomic E-state index is 0.0365. The Labute approximate surface area is 194 Å². The van der Waals surface area contributed by atoms with Crippen LogP contribution in [-0.4, -0.2) is 48.0 Å². The molecule has 2 N–H and O–H groups in total. The van der Waals surface area contributed by atoms with E-state index in [0.717, 1.165) is 60.7 Å². The highest BCUT2D eigenvalue weighted by Crippen LogP contribution is 2.34. The van der Waals surface area contributed by atoms with Crippen LogP contribution in [0.3, 0.4) is 0 Å². The van der Waals surface area contributed by atoms with Gasteiger partial charge in [-0.2, -0.15) is 4.36 Å². The van der Waals surface area contributed by atoms with Crippen molar-refractivity contribution >= 4 is 37.8 Å². The van der Waals surface area contributed by atoms with Crippen LogP contribution in [0.2, 0.25) is 0 Å². The highest BCUT2D eigenvalue weighted by Gasteiger charge is 2.22. The number of aliphatic hydroxyl groups excluding tert-OH is 1. The molecular weight excluding hydrogens is 438 g/mol. The van der Waals surface area contributed by atoms with E-state index in [1.54, 1.807) is 6.20 Å². The van der Waals surface area contributed by atoms with Gasteiger partial charge in [-0.1, -0.05) is 0 Å². The van der Waals surface area contributed by atoms with Crippen LogP contribution in [-0.2, 0) is 9.73 Å². The third kappa shape index (κ3) is 4.94. The summed E-state index contributed by atoms with van der Waals surface area (Å²) in [6.07, 6.45) is 8.08. The fourth-order valence-electron chi connectivity index (χ4n) is 4.59. The summed E-state index contributed by atoms with van der Waals surface area (Å²) in [6.45, 7) is 1.99. The average Bonchev–Trinajstić information content (AvgIpc) is 3.22. The first-order valence-corrected chi connectivity index (χ1v) is 13.4. The van der Waals surface area contributed by atoms with E-state index in [-0.39, 0.29) is 12.2 Å². The number of anilines is 2. The smallest absolute Gasteiger partial charge is 0.238 e. The summed E-state index contributed by atoms with van der Waals surface area (Å²) in [4.78, 5) is 13.4. The zero-order valence-corrected chi connectivity index (χ0v) is 19.6. The van der Waals surface area contributed by atoms with E-state index in [0.29, 0.717) is 28.9 Å². The molecule has 2 fully saturated rings. The third-order valence-electron chi connectivity index (χ3n) is 6.31. The fourth-order valence-corrected chi connectivity index (χ4v) is 6.78. The van der Waals surface area contributed by atoms with Gasteiger partial charge in [-0.05, 0) is 75.3 Å². The highest BCUT2D eigenvalue weighted by molar-refractivity contribution is 7.93. The fraction of sp³-hybridized carbons (Fsp3) is 0.458. The molecule has 1 saturated carbocycles. The second-order valence-electron chi connectivity index (χ2n) is 8.89. The predicted molar refractivity (Wildman–Crippen MR) is 130 cm³/mol. The number of hydrogen-bond acceptors (Lipinski definition) is 8. The number of nitrogens with zero attached hydrogens (tertiary/aromatic N) is 4. The van der Waals surface area contributed by atoms with E-state index < -0.39 is 9.73 Å². The van der Waals surface area contributed by atoms with Crippen molar-refractivity contribution in [1.82, 2.24) is 15.0 Å². The van der Waals surface area contributed by atoms with Crippen molar-refractivity contribution in [3.05, 3.63) is 42.4 Å². The molecule has 0 atom stereocenters. The van der Waals surface area contributed by atoms with Crippen molar-refractivity contribution in [2.75, 3.05) is 16.8 Å². The van der Waals surface area contributed by atoms with Crippen LogP contribution in [0.25, 0.3) is 10.9 Å². The van der Waals surface area contributed by atoms with E-state index in [2.05, 4.69) is 24.6 Å². The molecule has 0 spiro atoms. The molecule has 2 aromatic heterocycles. The number of aromatic nitrogens is 3. The van der Waals surface area contributed by atoms with Crippen LogP contribution >= 0.6 is 0 Å². The van der Waals surface area contributed by atoms with Crippen molar-refractivity contribution in [3.8, 4) is 5.88 Å². The number of hydrogen-bond donors (Lipinski definition) is 2. The van der Waals surface area contributed by atoms with Gasteiger partial charge in [-0.3, -0.25) is 0 Å². The maximum absolute atomic E-state index is 12.9. The molecule has 1 aliphatic heterocycles. The van der Waals surface area contributed by atoms with Crippen LogP contribution in [0.15, 0.2) is 41.2 Å². The zero-order chi connectivity index (χ0) is 22.8. The molecular formula is C24H29N5O3S. The van der Waals surface area contributed by atoms with E-state index >= 15 is 0 Å². The van der Waals surface area contributed by atoms with Crippen LogP contribution in [0.5, 0.6) is 5.88 Å². The second kappa shape index (κ2) is 9.23. The lowest BCUT2D eigenvalue weighted by atomic mass is 9.95. The topological polar surface area (TPSA) is 110 Å². The minimum Gasteiger partial charge on any atom is -0.473 e. The van der Waals surface area contributed by atoms with E-state index in [1.165, 1.54) is 6.33 Å². The van der Waals surface area contributed by atoms with Crippen LogP contribution in [0.1, 0.15) is 44.1 Å². The van der Waals surface area contributed by atoms with Crippen molar-refractivity contribution < 1.29 is 14.1 Å². The van der Waals surface area contributed by atoms with Gasteiger partial charge in [-0.25, -0.2) is 19.2 Å². The SMILES string of the molecule is Cc1cc(N=S2(=O)CCCC2)cc2ncnc(Nc3cccnc3OC3CCC(O)CC3)c12. The molecule has 0 amide bonds. The first kappa shape index (κ1) is 22.0. The van der Waals surface area contributed by atoms with E-state index in [9.17, 15) is 9.32 Å². The Morgan fingerprint density at radius 3 is 2.70 bits per heavy atom. The normalized spacial score (nSPS) is 22.2. The monoisotopic (exact) mass is 467 g/mol. The Balaban J connectivity index is 1.45. The molecule has 0 unspecified atom stereocenters. The van der Waals surface area contributed by atoms with Gasteiger partial charge in [0, 0.05) is 23.1 Å². The molecule has 0 bridgehead atoms. The molecule has 3 heterocycles.